The average molecular weight is 420 g/mol. The number of nitrogens with one attached hydrogen (secondary N) is 1. The van der Waals surface area contributed by atoms with Crippen LogP contribution in [0.25, 0.3) is 21.5 Å². The Bertz CT molecular complexity index is 981. The number of aromatic amines is 1. The first kappa shape index (κ1) is 20.7. The van der Waals surface area contributed by atoms with Crippen molar-refractivity contribution >= 4 is 22.2 Å². The Morgan fingerprint density at radius 3 is 2.25 bits per heavy atom. The Labute approximate surface area is 161 Å². The molecule has 1 aromatic carbocycles. The standard InChI is InChI=1S/C19H18F6N2S/c1-10-5-6-15(28-10)17-12(4-2-3-7-26)16-13(19(23,24)25)8-11(18(20,21)22)9-14(16)27-17/h5-6,8-9,27H,2-4,7,26H2,1H3. The molecule has 28 heavy (non-hydrogen) atoms. The fourth-order valence-corrected chi connectivity index (χ4v) is 4.16. The first-order valence-electron chi connectivity index (χ1n) is 8.62. The number of nitrogens with two attached hydrogens (primary N) is 1. The summed E-state index contributed by atoms with van der Waals surface area (Å²) in [5.74, 6) is 0. The van der Waals surface area contributed by atoms with Gasteiger partial charge in [0.2, 0.25) is 0 Å². The molecule has 0 unspecified atom stereocenters. The summed E-state index contributed by atoms with van der Waals surface area (Å²) in [4.78, 5) is 4.47. The molecule has 2 aromatic heterocycles. The summed E-state index contributed by atoms with van der Waals surface area (Å²) >= 11 is 1.37. The quantitative estimate of drug-likeness (QED) is 0.358. The van der Waals surface area contributed by atoms with Gasteiger partial charge >= 0.3 is 12.4 Å². The Morgan fingerprint density at radius 2 is 1.71 bits per heavy atom. The van der Waals surface area contributed by atoms with Crippen LogP contribution < -0.4 is 5.73 Å². The number of hydrogen-bond acceptors (Lipinski definition) is 2. The molecule has 9 heteroatoms. The van der Waals surface area contributed by atoms with Crippen molar-refractivity contribution in [2.75, 3.05) is 6.54 Å². The predicted octanol–water partition coefficient (Wildman–Crippen LogP) is 6.52. The highest BCUT2D eigenvalue weighted by Crippen LogP contribution is 2.44. The van der Waals surface area contributed by atoms with E-state index in [4.69, 9.17) is 5.73 Å². The van der Waals surface area contributed by atoms with Crippen LogP contribution in [0.3, 0.4) is 0 Å². The lowest BCUT2D eigenvalue weighted by Gasteiger charge is -2.14. The number of aryl methyl sites for hydroxylation is 2. The molecule has 0 aliphatic heterocycles. The van der Waals surface area contributed by atoms with Crippen molar-refractivity contribution in [2.24, 2.45) is 5.73 Å². The van der Waals surface area contributed by atoms with Gasteiger partial charge in [-0.1, -0.05) is 0 Å². The van der Waals surface area contributed by atoms with E-state index in [0.717, 1.165) is 10.9 Å². The van der Waals surface area contributed by atoms with Gasteiger partial charge < -0.3 is 10.7 Å². The molecule has 0 saturated heterocycles. The Hall–Kier alpha value is -2.00. The van der Waals surface area contributed by atoms with Gasteiger partial charge in [-0.2, -0.15) is 26.3 Å². The second-order valence-electron chi connectivity index (χ2n) is 6.58. The van der Waals surface area contributed by atoms with Crippen molar-refractivity contribution in [3.05, 3.63) is 45.8 Å². The topological polar surface area (TPSA) is 41.8 Å². The molecule has 152 valence electrons. The first-order valence-corrected chi connectivity index (χ1v) is 9.44. The van der Waals surface area contributed by atoms with Crippen molar-refractivity contribution in [1.82, 2.24) is 4.98 Å². The highest BCUT2D eigenvalue weighted by molar-refractivity contribution is 7.15. The van der Waals surface area contributed by atoms with Gasteiger partial charge in [-0.05, 0) is 62.6 Å². The van der Waals surface area contributed by atoms with Crippen molar-refractivity contribution in [3.8, 4) is 10.6 Å². The number of thiophene rings is 1. The molecule has 0 aliphatic carbocycles. The zero-order chi connectivity index (χ0) is 20.7. The van der Waals surface area contributed by atoms with Crippen molar-refractivity contribution < 1.29 is 26.3 Å². The lowest BCUT2D eigenvalue weighted by atomic mass is 9.97. The largest absolute Gasteiger partial charge is 0.417 e. The van der Waals surface area contributed by atoms with E-state index < -0.39 is 23.5 Å². The third kappa shape index (κ3) is 4.05. The van der Waals surface area contributed by atoms with Crippen LogP contribution in [0.2, 0.25) is 0 Å². The number of H-pyrrole nitrogens is 1. The van der Waals surface area contributed by atoms with Crippen LogP contribution in [0.1, 0.15) is 34.4 Å². The van der Waals surface area contributed by atoms with Gasteiger partial charge in [0.15, 0.2) is 0 Å². The number of hydrogen-bond donors (Lipinski definition) is 2. The maximum Gasteiger partial charge on any atom is 0.417 e. The molecule has 0 saturated carbocycles. The van der Waals surface area contributed by atoms with Gasteiger partial charge in [0.25, 0.3) is 0 Å². The molecule has 0 bridgehead atoms. The van der Waals surface area contributed by atoms with Gasteiger partial charge in [-0.3, -0.25) is 0 Å². The molecule has 0 radical (unpaired) electrons. The number of unbranched alkanes of at least 4 members (excludes halogenated alkanes) is 1. The average Bonchev–Trinajstić information content (AvgIpc) is 3.16. The van der Waals surface area contributed by atoms with Crippen LogP contribution in [-0.2, 0) is 18.8 Å². The second-order valence-corrected chi connectivity index (χ2v) is 7.86. The molecule has 3 rings (SSSR count). The highest BCUT2D eigenvalue weighted by Gasteiger charge is 2.39. The SMILES string of the molecule is Cc1ccc(-c2[nH]c3cc(C(F)(F)F)cc(C(F)(F)F)c3c2CCCCN)s1. The first-order chi connectivity index (χ1) is 13.0. The second kappa shape index (κ2) is 7.44. The summed E-state index contributed by atoms with van der Waals surface area (Å²) in [6.07, 6.45) is -8.35. The Morgan fingerprint density at radius 1 is 1.00 bits per heavy atom. The molecular weight excluding hydrogens is 402 g/mol. The lowest BCUT2D eigenvalue weighted by Crippen LogP contribution is -2.11. The summed E-state index contributed by atoms with van der Waals surface area (Å²) in [5.41, 5.74) is 3.56. The van der Waals surface area contributed by atoms with Crippen molar-refractivity contribution in [3.63, 3.8) is 0 Å². The maximum absolute atomic E-state index is 13.7. The summed E-state index contributed by atoms with van der Waals surface area (Å²) in [5, 5.41) is -0.196. The Kier molecular flexibility index (Phi) is 5.51. The summed E-state index contributed by atoms with van der Waals surface area (Å²) in [6.45, 7) is 2.24. The van der Waals surface area contributed by atoms with Gasteiger partial charge in [0.1, 0.15) is 0 Å². The van der Waals surface area contributed by atoms with E-state index in [1.165, 1.54) is 11.3 Å². The predicted molar refractivity (Wildman–Crippen MR) is 98.3 cm³/mol. The van der Waals surface area contributed by atoms with Crippen LogP contribution in [0.5, 0.6) is 0 Å². The minimum atomic E-state index is -4.91. The fourth-order valence-electron chi connectivity index (χ4n) is 3.26. The van der Waals surface area contributed by atoms with E-state index in [2.05, 4.69) is 4.98 Å². The summed E-state index contributed by atoms with van der Waals surface area (Å²) < 4.78 is 80.5. The summed E-state index contributed by atoms with van der Waals surface area (Å²) in [7, 11) is 0. The van der Waals surface area contributed by atoms with Crippen molar-refractivity contribution in [2.45, 2.75) is 38.5 Å². The van der Waals surface area contributed by atoms with E-state index in [1.807, 2.05) is 13.0 Å². The molecular formula is C19H18F6N2S. The number of benzene rings is 1. The number of halogens is 6. The smallest absolute Gasteiger partial charge is 0.354 e. The fraction of sp³-hybridized carbons (Fsp3) is 0.368. The number of rotatable bonds is 5. The van der Waals surface area contributed by atoms with Crippen LogP contribution in [-0.4, -0.2) is 11.5 Å². The minimum Gasteiger partial charge on any atom is -0.354 e. The van der Waals surface area contributed by atoms with Gasteiger partial charge in [-0.15, -0.1) is 11.3 Å². The number of fused-ring (bicyclic) bond motifs is 1. The molecule has 3 aromatic rings. The lowest BCUT2D eigenvalue weighted by molar-refractivity contribution is -0.142. The van der Waals surface area contributed by atoms with Crippen LogP contribution in [0, 0.1) is 6.92 Å². The third-order valence-electron chi connectivity index (χ3n) is 4.50. The molecule has 0 fully saturated rings. The third-order valence-corrected chi connectivity index (χ3v) is 5.52. The Balaban J connectivity index is 2.32. The number of aromatic nitrogens is 1. The molecule has 0 spiro atoms. The molecule has 2 nitrogen and oxygen atoms in total. The van der Waals surface area contributed by atoms with E-state index in [9.17, 15) is 26.3 Å². The van der Waals surface area contributed by atoms with E-state index in [0.29, 0.717) is 35.5 Å². The number of alkyl halides is 6. The highest BCUT2D eigenvalue weighted by atomic mass is 32.1. The van der Waals surface area contributed by atoms with E-state index >= 15 is 0 Å². The molecule has 0 aliphatic rings. The minimum absolute atomic E-state index is 0.161. The molecule has 3 N–H and O–H groups in total. The maximum atomic E-state index is 13.7. The molecule has 0 atom stereocenters. The van der Waals surface area contributed by atoms with Gasteiger partial charge in [0.05, 0.1) is 21.7 Å². The van der Waals surface area contributed by atoms with Crippen LogP contribution in [0.4, 0.5) is 26.3 Å². The van der Waals surface area contributed by atoms with Crippen molar-refractivity contribution in [1.29, 1.82) is 0 Å². The molecule has 2 heterocycles. The van der Waals surface area contributed by atoms with Crippen LogP contribution >= 0.6 is 11.3 Å². The zero-order valence-electron chi connectivity index (χ0n) is 14.9. The molecule has 0 amide bonds. The summed E-state index contributed by atoms with van der Waals surface area (Å²) in [6, 6.07) is 4.53. The normalized spacial score (nSPS) is 12.9. The van der Waals surface area contributed by atoms with Gasteiger partial charge in [0, 0.05) is 15.8 Å². The van der Waals surface area contributed by atoms with Gasteiger partial charge in [-0.25, -0.2) is 0 Å². The monoisotopic (exact) mass is 420 g/mol. The van der Waals surface area contributed by atoms with Crippen LogP contribution in [0.15, 0.2) is 24.3 Å². The zero-order valence-corrected chi connectivity index (χ0v) is 15.7. The van der Waals surface area contributed by atoms with E-state index in [1.54, 1.807) is 6.07 Å². The van der Waals surface area contributed by atoms with E-state index in [-0.39, 0.29) is 23.4 Å².